The van der Waals surface area contributed by atoms with Crippen molar-refractivity contribution in [1.82, 2.24) is 9.97 Å². The molecule has 0 saturated carbocycles. The Balaban J connectivity index is 0.00000300. The van der Waals surface area contributed by atoms with Crippen LogP contribution in [0.3, 0.4) is 0 Å². The average molecular weight is 416 g/mol. The highest BCUT2D eigenvalue weighted by molar-refractivity contribution is 5.95. The molecule has 0 radical (unpaired) electrons. The van der Waals surface area contributed by atoms with Crippen LogP contribution in [0.4, 0.5) is 5.69 Å². The Hall–Kier alpha value is -3.52. The molecular weight excluding hydrogens is 394 g/mol. The number of hydrogen-bond donors (Lipinski definition) is 5. The fourth-order valence-electron chi connectivity index (χ4n) is 2.80. The number of H-pyrrole nitrogens is 1. The molecule has 9 heteroatoms. The van der Waals surface area contributed by atoms with Gasteiger partial charge in [-0.25, -0.2) is 9.78 Å². The van der Waals surface area contributed by atoms with Crippen LogP contribution < -0.4 is 15.8 Å². The lowest BCUT2D eigenvalue weighted by molar-refractivity contribution is -0.138. The van der Waals surface area contributed by atoms with E-state index in [-0.39, 0.29) is 18.2 Å². The fourth-order valence-corrected chi connectivity index (χ4v) is 2.80. The molecule has 3 aromatic rings. The second-order valence-electron chi connectivity index (χ2n) is 6.07. The molecule has 0 amide bonds. The number of benzene rings is 2. The molecule has 8 nitrogen and oxygen atoms in total. The Morgan fingerprint density at radius 2 is 2.03 bits per heavy atom. The van der Waals surface area contributed by atoms with Gasteiger partial charge in [-0.15, -0.1) is 12.4 Å². The predicted molar refractivity (Wildman–Crippen MR) is 114 cm³/mol. The third-order valence-electron chi connectivity index (χ3n) is 4.10. The van der Waals surface area contributed by atoms with Gasteiger partial charge in [0.05, 0.1) is 6.61 Å². The topological polar surface area (TPSA) is 137 Å². The SMILES string of the molecule is CCOc1cc(-c2ncc[nH]2)cc(C(Nc2ccc(C(=N)N)cc2)C(=O)O)c1.Cl. The number of aliphatic carboxylic acids is 1. The van der Waals surface area contributed by atoms with Crippen molar-refractivity contribution in [2.75, 3.05) is 11.9 Å². The Morgan fingerprint density at radius 3 is 2.59 bits per heavy atom. The summed E-state index contributed by atoms with van der Waals surface area (Å²) in [7, 11) is 0. The number of nitrogen functional groups attached to an aromatic ring is 1. The van der Waals surface area contributed by atoms with E-state index in [0.717, 1.165) is 5.56 Å². The first-order chi connectivity index (χ1) is 13.5. The summed E-state index contributed by atoms with van der Waals surface area (Å²) < 4.78 is 5.61. The Bertz CT molecular complexity index is 974. The van der Waals surface area contributed by atoms with Gasteiger partial charge < -0.3 is 25.9 Å². The van der Waals surface area contributed by atoms with Crippen molar-refractivity contribution < 1.29 is 14.6 Å². The van der Waals surface area contributed by atoms with Gasteiger partial charge in [0.2, 0.25) is 0 Å². The quantitative estimate of drug-likeness (QED) is 0.282. The van der Waals surface area contributed by atoms with E-state index in [4.69, 9.17) is 15.9 Å². The van der Waals surface area contributed by atoms with Crippen LogP contribution in [0.15, 0.2) is 54.9 Å². The monoisotopic (exact) mass is 415 g/mol. The number of rotatable bonds is 8. The molecule has 0 spiro atoms. The summed E-state index contributed by atoms with van der Waals surface area (Å²) in [5.74, 6) is 0.104. The minimum Gasteiger partial charge on any atom is -0.494 e. The molecule has 2 aromatic carbocycles. The number of nitrogens with one attached hydrogen (secondary N) is 3. The fraction of sp³-hybridized carbons (Fsp3) is 0.150. The van der Waals surface area contributed by atoms with Crippen molar-refractivity contribution in [3.05, 3.63) is 66.0 Å². The second kappa shape index (κ2) is 9.61. The van der Waals surface area contributed by atoms with Crippen LogP contribution in [0.25, 0.3) is 11.4 Å². The Morgan fingerprint density at radius 1 is 1.31 bits per heavy atom. The zero-order valence-corrected chi connectivity index (χ0v) is 16.5. The van der Waals surface area contributed by atoms with Gasteiger partial charge in [0.1, 0.15) is 17.4 Å². The van der Waals surface area contributed by atoms with Crippen LogP contribution >= 0.6 is 12.4 Å². The molecule has 0 bridgehead atoms. The maximum absolute atomic E-state index is 12.0. The molecule has 0 saturated heterocycles. The third kappa shape index (κ3) is 5.26. The summed E-state index contributed by atoms with van der Waals surface area (Å²) >= 11 is 0. The van der Waals surface area contributed by atoms with E-state index in [0.29, 0.717) is 35.0 Å². The largest absolute Gasteiger partial charge is 0.494 e. The number of anilines is 1. The number of nitrogens with zero attached hydrogens (tertiary/aromatic N) is 1. The van der Waals surface area contributed by atoms with E-state index in [9.17, 15) is 9.90 Å². The molecule has 1 aromatic heterocycles. The zero-order valence-electron chi connectivity index (χ0n) is 15.7. The van der Waals surface area contributed by atoms with Gasteiger partial charge >= 0.3 is 5.97 Å². The minimum absolute atomic E-state index is 0. The Labute approximate surface area is 174 Å². The molecular formula is C20H22ClN5O3. The lowest BCUT2D eigenvalue weighted by Crippen LogP contribution is -2.21. The van der Waals surface area contributed by atoms with Gasteiger partial charge in [-0.1, -0.05) is 0 Å². The first-order valence-corrected chi connectivity index (χ1v) is 8.69. The maximum Gasteiger partial charge on any atom is 0.330 e. The second-order valence-corrected chi connectivity index (χ2v) is 6.07. The molecule has 0 fully saturated rings. The van der Waals surface area contributed by atoms with Crippen molar-refractivity contribution >= 4 is 29.9 Å². The molecule has 29 heavy (non-hydrogen) atoms. The first kappa shape index (κ1) is 21.8. The molecule has 6 N–H and O–H groups in total. The van der Waals surface area contributed by atoms with E-state index in [1.807, 2.05) is 13.0 Å². The van der Waals surface area contributed by atoms with E-state index < -0.39 is 12.0 Å². The number of ether oxygens (including phenoxy) is 1. The van der Waals surface area contributed by atoms with Crippen molar-refractivity contribution in [2.45, 2.75) is 13.0 Å². The van der Waals surface area contributed by atoms with E-state index in [1.54, 1.807) is 48.8 Å². The summed E-state index contributed by atoms with van der Waals surface area (Å²) in [6, 6.07) is 11.0. The molecule has 1 unspecified atom stereocenters. The summed E-state index contributed by atoms with van der Waals surface area (Å²) in [6.07, 6.45) is 3.33. The van der Waals surface area contributed by atoms with Gasteiger partial charge in [0, 0.05) is 29.2 Å². The number of carboxylic acids is 1. The van der Waals surface area contributed by atoms with Crippen molar-refractivity contribution in [3.63, 3.8) is 0 Å². The first-order valence-electron chi connectivity index (χ1n) is 8.69. The number of nitrogens with two attached hydrogens (primary N) is 1. The highest BCUT2D eigenvalue weighted by Gasteiger charge is 2.22. The summed E-state index contributed by atoms with van der Waals surface area (Å²) in [6.45, 7) is 2.32. The number of carbonyl (C=O) groups is 1. The molecule has 3 rings (SSSR count). The molecule has 1 heterocycles. The molecule has 0 aliphatic heterocycles. The van der Waals surface area contributed by atoms with Gasteiger partial charge in [0.25, 0.3) is 0 Å². The van der Waals surface area contributed by atoms with Crippen LogP contribution in [-0.2, 0) is 4.79 Å². The number of imidazole rings is 1. The number of amidine groups is 1. The lowest BCUT2D eigenvalue weighted by atomic mass is 10.0. The van der Waals surface area contributed by atoms with Gasteiger partial charge in [0.15, 0.2) is 6.04 Å². The zero-order chi connectivity index (χ0) is 20.1. The minimum atomic E-state index is -1.03. The van der Waals surface area contributed by atoms with E-state index >= 15 is 0 Å². The molecule has 0 aliphatic carbocycles. The number of aromatic amines is 1. The predicted octanol–water partition coefficient (Wildman–Crippen LogP) is 3.42. The van der Waals surface area contributed by atoms with Crippen LogP contribution in [0.5, 0.6) is 5.75 Å². The number of hydrogen-bond acceptors (Lipinski definition) is 5. The maximum atomic E-state index is 12.0. The third-order valence-corrected chi connectivity index (χ3v) is 4.10. The molecule has 152 valence electrons. The van der Waals surface area contributed by atoms with Crippen molar-refractivity contribution in [2.24, 2.45) is 5.73 Å². The molecule has 1 atom stereocenters. The highest BCUT2D eigenvalue weighted by Crippen LogP contribution is 2.29. The van der Waals surface area contributed by atoms with Crippen LogP contribution in [-0.4, -0.2) is 33.5 Å². The van der Waals surface area contributed by atoms with Crippen LogP contribution in [0.1, 0.15) is 24.1 Å². The average Bonchev–Trinajstić information content (AvgIpc) is 3.21. The lowest BCUT2D eigenvalue weighted by Gasteiger charge is -2.18. The standard InChI is InChI=1S/C20H21N5O3.ClH/c1-2-28-16-10-13(9-14(11-16)19-23-7-8-24-19)17(20(26)27)25-15-5-3-12(4-6-15)18(21)22;/h3-11,17,25H,2H2,1H3,(H3,21,22)(H,23,24)(H,26,27);1H. The summed E-state index contributed by atoms with van der Waals surface area (Å²) in [4.78, 5) is 19.2. The van der Waals surface area contributed by atoms with E-state index in [2.05, 4.69) is 15.3 Å². The van der Waals surface area contributed by atoms with Gasteiger partial charge in [-0.05, 0) is 55.0 Å². The van der Waals surface area contributed by atoms with Crippen molar-refractivity contribution in [3.8, 4) is 17.1 Å². The summed E-state index contributed by atoms with van der Waals surface area (Å²) in [5.41, 5.74) is 7.88. The highest BCUT2D eigenvalue weighted by atomic mass is 35.5. The van der Waals surface area contributed by atoms with Crippen LogP contribution in [0, 0.1) is 5.41 Å². The molecule has 0 aliphatic rings. The summed E-state index contributed by atoms with van der Waals surface area (Å²) in [5, 5.41) is 20.2. The smallest absolute Gasteiger partial charge is 0.330 e. The van der Waals surface area contributed by atoms with Crippen molar-refractivity contribution in [1.29, 1.82) is 5.41 Å². The Kier molecular flexibility index (Phi) is 7.21. The number of carboxylic acid groups (broad SMARTS) is 1. The van der Waals surface area contributed by atoms with E-state index in [1.165, 1.54) is 0 Å². The van der Waals surface area contributed by atoms with Gasteiger partial charge in [-0.2, -0.15) is 0 Å². The van der Waals surface area contributed by atoms with Gasteiger partial charge in [-0.3, -0.25) is 5.41 Å². The normalized spacial score (nSPS) is 11.2. The number of aromatic nitrogens is 2. The van der Waals surface area contributed by atoms with Crippen LogP contribution in [0.2, 0.25) is 0 Å². The number of halogens is 1.